The smallest absolute Gasteiger partial charge is 0.170 e. The van der Waals surface area contributed by atoms with Gasteiger partial charge >= 0.3 is 0 Å². The topological polar surface area (TPSA) is 52.6 Å². The number of hydrogen-bond acceptors (Lipinski definition) is 4. The molecule has 0 bridgehead atoms. The van der Waals surface area contributed by atoms with Crippen LogP contribution in [-0.2, 0) is 4.79 Å². The molecule has 4 heteroatoms. The molecule has 0 heterocycles. The summed E-state index contributed by atoms with van der Waals surface area (Å²) in [6.45, 7) is 3.77. The van der Waals surface area contributed by atoms with Gasteiger partial charge in [0.25, 0.3) is 0 Å². The van der Waals surface area contributed by atoms with Gasteiger partial charge in [0.2, 0.25) is 0 Å². The number of ketones is 2. The third kappa shape index (κ3) is 4.09. The van der Waals surface area contributed by atoms with Crippen molar-refractivity contribution in [1.82, 2.24) is 0 Å². The van der Waals surface area contributed by atoms with E-state index in [1.54, 1.807) is 18.2 Å². The van der Waals surface area contributed by atoms with Gasteiger partial charge in [-0.2, -0.15) is 0 Å². The summed E-state index contributed by atoms with van der Waals surface area (Å²) in [6.07, 6.45) is 0.666. The zero-order valence-corrected chi connectivity index (χ0v) is 11.9. The van der Waals surface area contributed by atoms with Crippen molar-refractivity contribution in [3.05, 3.63) is 23.8 Å². The summed E-state index contributed by atoms with van der Waals surface area (Å²) in [7, 11) is 3.04. The van der Waals surface area contributed by atoms with Crippen molar-refractivity contribution in [3.63, 3.8) is 0 Å². The largest absolute Gasteiger partial charge is 0.497 e. The first kappa shape index (κ1) is 15.2. The second-order valence-electron chi connectivity index (χ2n) is 4.48. The van der Waals surface area contributed by atoms with Crippen LogP contribution in [-0.4, -0.2) is 25.8 Å². The highest BCUT2D eigenvalue weighted by Gasteiger charge is 2.17. The molecular weight excluding hydrogens is 244 g/mol. The number of hydrogen-bond donors (Lipinski definition) is 0. The van der Waals surface area contributed by atoms with Gasteiger partial charge in [0.05, 0.1) is 20.6 Å². The van der Waals surface area contributed by atoms with Gasteiger partial charge in [-0.05, 0) is 18.6 Å². The van der Waals surface area contributed by atoms with E-state index in [4.69, 9.17) is 9.47 Å². The van der Waals surface area contributed by atoms with Crippen LogP contribution in [0.4, 0.5) is 0 Å². The van der Waals surface area contributed by atoms with Gasteiger partial charge in [-0.1, -0.05) is 13.8 Å². The van der Waals surface area contributed by atoms with Crippen molar-refractivity contribution in [2.24, 2.45) is 5.92 Å². The van der Waals surface area contributed by atoms with Crippen molar-refractivity contribution in [3.8, 4) is 11.5 Å². The number of ether oxygens (including phenoxy) is 2. The molecule has 0 saturated carbocycles. The van der Waals surface area contributed by atoms with Gasteiger partial charge in [0.15, 0.2) is 5.78 Å². The summed E-state index contributed by atoms with van der Waals surface area (Å²) in [5.41, 5.74) is 0.438. The summed E-state index contributed by atoms with van der Waals surface area (Å²) in [4.78, 5) is 23.9. The van der Waals surface area contributed by atoms with Crippen LogP contribution in [0, 0.1) is 5.92 Å². The number of rotatable bonds is 7. The zero-order valence-electron chi connectivity index (χ0n) is 11.9. The molecule has 4 nitrogen and oxygen atoms in total. The van der Waals surface area contributed by atoms with E-state index >= 15 is 0 Å². The van der Waals surface area contributed by atoms with E-state index in [2.05, 4.69) is 0 Å². The Kier molecular flexibility index (Phi) is 5.55. The molecule has 0 amide bonds. The molecule has 104 valence electrons. The van der Waals surface area contributed by atoms with Gasteiger partial charge in [0, 0.05) is 17.5 Å². The minimum atomic E-state index is -0.206. The lowest BCUT2D eigenvalue weighted by Crippen LogP contribution is -2.15. The molecule has 0 aliphatic rings. The molecule has 0 fully saturated rings. The van der Waals surface area contributed by atoms with E-state index in [0.717, 1.165) is 6.42 Å². The summed E-state index contributed by atoms with van der Waals surface area (Å²) in [5.74, 6) is 0.755. The molecule has 1 unspecified atom stereocenters. The van der Waals surface area contributed by atoms with Crippen LogP contribution < -0.4 is 9.47 Å². The highest BCUT2D eigenvalue weighted by Crippen LogP contribution is 2.23. The molecule has 0 spiro atoms. The van der Waals surface area contributed by atoms with Crippen LogP contribution in [0.1, 0.15) is 37.0 Å². The monoisotopic (exact) mass is 264 g/mol. The Morgan fingerprint density at radius 2 is 1.63 bits per heavy atom. The summed E-state index contributed by atoms with van der Waals surface area (Å²) >= 11 is 0. The predicted molar refractivity (Wildman–Crippen MR) is 73.0 cm³/mol. The van der Waals surface area contributed by atoms with E-state index < -0.39 is 0 Å². The van der Waals surface area contributed by atoms with Crippen LogP contribution in [0.5, 0.6) is 11.5 Å². The maximum absolute atomic E-state index is 12.1. The van der Waals surface area contributed by atoms with Crippen molar-refractivity contribution in [2.75, 3.05) is 14.2 Å². The van der Waals surface area contributed by atoms with Crippen molar-refractivity contribution in [2.45, 2.75) is 26.7 Å². The SMILES string of the molecule is CCC(C)C(=O)CC(=O)c1cc(OC)cc(OC)c1. The highest BCUT2D eigenvalue weighted by atomic mass is 16.5. The van der Waals surface area contributed by atoms with Gasteiger partial charge in [-0.15, -0.1) is 0 Å². The van der Waals surface area contributed by atoms with E-state index in [-0.39, 0.29) is 23.9 Å². The minimum Gasteiger partial charge on any atom is -0.497 e. The quantitative estimate of drug-likeness (QED) is 0.561. The highest BCUT2D eigenvalue weighted by molar-refractivity contribution is 6.08. The van der Waals surface area contributed by atoms with Crippen LogP contribution in [0.15, 0.2) is 18.2 Å². The van der Waals surface area contributed by atoms with E-state index in [1.165, 1.54) is 14.2 Å². The molecule has 0 aliphatic carbocycles. The molecular formula is C15H20O4. The normalized spacial score (nSPS) is 11.8. The Labute approximate surface area is 113 Å². The number of carbonyl (C=O) groups excluding carboxylic acids is 2. The first-order valence-electron chi connectivity index (χ1n) is 6.30. The fraction of sp³-hybridized carbons (Fsp3) is 0.467. The van der Waals surface area contributed by atoms with Crippen LogP contribution in [0.25, 0.3) is 0 Å². The second kappa shape index (κ2) is 6.92. The Hall–Kier alpha value is -1.84. The van der Waals surface area contributed by atoms with E-state index in [0.29, 0.717) is 17.1 Å². The van der Waals surface area contributed by atoms with Crippen LogP contribution >= 0.6 is 0 Å². The summed E-state index contributed by atoms with van der Waals surface area (Å²) in [5, 5.41) is 0. The van der Waals surface area contributed by atoms with Gasteiger partial charge in [0.1, 0.15) is 17.3 Å². The van der Waals surface area contributed by atoms with Crippen LogP contribution in [0.3, 0.4) is 0 Å². The zero-order chi connectivity index (χ0) is 14.4. The minimum absolute atomic E-state index is 0.0331. The van der Waals surface area contributed by atoms with Crippen molar-refractivity contribution < 1.29 is 19.1 Å². The lowest BCUT2D eigenvalue weighted by atomic mass is 9.96. The molecule has 1 aromatic carbocycles. The molecule has 0 aliphatic heterocycles. The number of carbonyl (C=O) groups is 2. The Morgan fingerprint density at radius 3 is 2.05 bits per heavy atom. The molecule has 0 saturated heterocycles. The first-order chi connectivity index (χ1) is 9.01. The molecule has 1 atom stereocenters. The van der Waals surface area contributed by atoms with Gasteiger partial charge < -0.3 is 9.47 Å². The van der Waals surface area contributed by atoms with E-state index in [1.807, 2.05) is 13.8 Å². The first-order valence-corrected chi connectivity index (χ1v) is 6.30. The van der Waals surface area contributed by atoms with Crippen molar-refractivity contribution >= 4 is 11.6 Å². The second-order valence-corrected chi connectivity index (χ2v) is 4.48. The molecule has 0 aromatic heterocycles. The third-order valence-corrected chi connectivity index (χ3v) is 3.17. The van der Waals surface area contributed by atoms with Crippen LogP contribution in [0.2, 0.25) is 0 Å². The van der Waals surface area contributed by atoms with E-state index in [9.17, 15) is 9.59 Å². The van der Waals surface area contributed by atoms with Gasteiger partial charge in [-0.25, -0.2) is 0 Å². The fourth-order valence-electron chi connectivity index (χ4n) is 1.63. The third-order valence-electron chi connectivity index (χ3n) is 3.17. The van der Waals surface area contributed by atoms with Gasteiger partial charge in [-0.3, -0.25) is 9.59 Å². The Morgan fingerprint density at radius 1 is 1.11 bits per heavy atom. The number of methoxy groups -OCH3 is 2. The molecule has 19 heavy (non-hydrogen) atoms. The lowest BCUT2D eigenvalue weighted by molar-refractivity contribution is -0.121. The predicted octanol–water partition coefficient (Wildman–Crippen LogP) is 2.89. The van der Waals surface area contributed by atoms with Crippen molar-refractivity contribution in [1.29, 1.82) is 0 Å². The molecule has 0 radical (unpaired) electrons. The standard InChI is InChI=1S/C15H20O4/c1-5-10(2)14(16)9-15(17)11-6-12(18-3)8-13(7-11)19-4/h6-8,10H,5,9H2,1-4H3. The maximum atomic E-state index is 12.1. The number of benzene rings is 1. The maximum Gasteiger partial charge on any atom is 0.170 e. The average molecular weight is 264 g/mol. The summed E-state index contributed by atoms with van der Waals surface area (Å²) < 4.78 is 10.2. The molecule has 1 rings (SSSR count). The number of Topliss-reactive ketones (excluding diaryl/α,β-unsaturated/α-hetero) is 2. The average Bonchev–Trinajstić information content (AvgIpc) is 2.45. The fourth-order valence-corrected chi connectivity index (χ4v) is 1.63. The summed E-state index contributed by atoms with van der Waals surface area (Å²) in [6, 6.07) is 4.93. The Bertz CT molecular complexity index is 443. The Balaban J connectivity index is 2.90. The molecule has 0 N–H and O–H groups in total. The molecule has 1 aromatic rings. The lowest BCUT2D eigenvalue weighted by Gasteiger charge is -2.09.